The zero-order valence-electron chi connectivity index (χ0n) is 32.3. The molecule has 1 N–H and O–H groups in total. The normalized spacial score (nSPS) is 25.0. The topological polar surface area (TPSA) is 119 Å². The summed E-state index contributed by atoms with van der Waals surface area (Å²) < 4.78 is 79.1. The van der Waals surface area contributed by atoms with E-state index >= 15 is 0 Å². The molecule has 2 fully saturated rings. The standard InChI is InChI=1S/C46H50O10S2/c47-58(48,49)56-40-32-54-46(39-24-14-5-15-25-39)55-41(40)33-57-34-42(51-29-36-18-8-2-9-19-36)44(52-30-37-20-10-3-11-21-37)45(53-31-38-22-12-4-13-23-38)43(57)26-27-50-28-35-16-6-1-7-17-35/h1-25,40-46H,26-34H2/p+1/t40-,41+,42-,43+,44+,45+,46-,57?/m1/s1. The van der Waals surface area contributed by atoms with Crippen LogP contribution in [0.3, 0.4) is 0 Å². The maximum absolute atomic E-state index is 12.2. The minimum Gasteiger partial charge on any atom is -0.377 e. The first-order valence-corrected chi connectivity index (χ1v) is 22.6. The molecular formula is C46H51O10S2+. The monoisotopic (exact) mass is 827 g/mol. The summed E-state index contributed by atoms with van der Waals surface area (Å²) in [6.45, 7) is 1.87. The Labute approximate surface area is 344 Å². The molecule has 1 unspecified atom stereocenters. The summed E-state index contributed by atoms with van der Waals surface area (Å²) in [4.78, 5) is 0. The summed E-state index contributed by atoms with van der Waals surface area (Å²) in [5.74, 6) is 0.966. The highest BCUT2D eigenvalue weighted by Crippen LogP contribution is 2.37. The number of benzene rings is 5. The summed E-state index contributed by atoms with van der Waals surface area (Å²) >= 11 is 0. The molecule has 8 atom stereocenters. The molecule has 2 heterocycles. The van der Waals surface area contributed by atoms with Crippen LogP contribution in [0.25, 0.3) is 0 Å². The molecule has 2 saturated heterocycles. The fourth-order valence-electron chi connectivity index (χ4n) is 7.35. The van der Waals surface area contributed by atoms with Gasteiger partial charge in [-0.2, -0.15) is 8.42 Å². The molecule has 0 amide bonds. The molecule has 0 saturated carbocycles. The van der Waals surface area contributed by atoms with E-state index in [0.29, 0.717) is 51.0 Å². The molecule has 5 aromatic carbocycles. The first-order chi connectivity index (χ1) is 28.4. The lowest BCUT2D eigenvalue weighted by Crippen LogP contribution is -2.61. The predicted molar refractivity (Wildman–Crippen MR) is 223 cm³/mol. The van der Waals surface area contributed by atoms with Crippen LogP contribution in [0, 0.1) is 0 Å². The van der Waals surface area contributed by atoms with E-state index in [0.717, 1.165) is 27.8 Å². The van der Waals surface area contributed by atoms with Crippen LogP contribution < -0.4 is 0 Å². The van der Waals surface area contributed by atoms with Crippen molar-refractivity contribution in [2.75, 3.05) is 24.7 Å². The van der Waals surface area contributed by atoms with Crippen LogP contribution >= 0.6 is 0 Å². The van der Waals surface area contributed by atoms with Gasteiger partial charge in [-0.1, -0.05) is 152 Å². The quantitative estimate of drug-likeness (QED) is 0.0506. The van der Waals surface area contributed by atoms with E-state index in [1.165, 1.54) is 0 Å². The van der Waals surface area contributed by atoms with Gasteiger partial charge in [0.05, 0.1) is 39.6 Å². The minimum atomic E-state index is -4.83. The van der Waals surface area contributed by atoms with Crippen molar-refractivity contribution in [3.63, 3.8) is 0 Å². The van der Waals surface area contributed by atoms with Crippen LogP contribution in [0.4, 0.5) is 0 Å². The molecule has 0 aliphatic carbocycles. The van der Waals surface area contributed by atoms with Crippen molar-refractivity contribution in [3.05, 3.63) is 179 Å². The highest BCUT2D eigenvalue weighted by molar-refractivity contribution is 7.97. The van der Waals surface area contributed by atoms with E-state index in [1.807, 2.05) is 152 Å². The molecule has 58 heavy (non-hydrogen) atoms. The van der Waals surface area contributed by atoms with Gasteiger partial charge in [0.25, 0.3) is 0 Å². The summed E-state index contributed by atoms with van der Waals surface area (Å²) in [5, 5.41) is -0.121. The van der Waals surface area contributed by atoms with Crippen LogP contribution in [0.15, 0.2) is 152 Å². The van der Waals surface area contributed by atoms with Crippen LogP contribution in [-0.4, -0.2) is 73.5 Å². The van der Waals surface area contributed by atoms with Crippen LogP contribution in [-0.2, 0) is 80.3 Å². The van der Waals surface area contributed by atoms with Crippen molar-refractivity contribution in [3.8, 4) is 0 Å². The van der Waals surface area contributed by atoms with Crippen molar-refractivity contribution in [2.24, 2.45) is 0 Å². The molecule has 0 bridgehead atoms. The number of hydrogen-bond donors (Lipinski definition) is 1. The van der Waals surface area contributed by atoms with Gasteiger partial charge in [-0.15, -0.1) is 0 Å². The second-order valence-corrected chi connectivity index (χ2v) is 17.8. The van der Waals surface area contributed by atoms with E-state index in [-0.39, 0.29) is 11.9 Å². The summed E-state index contributed by atoms with van der Waals surface area (Å²) in [6, 6.07) is 49.7. The summed E-state index contributed by atoms with van der Waals surface area (Å²) in [6.07, 6.45) is -3.30. The lowest BCUT2D eigenvalue weighted by atomic mass is 10.0. The van der Waals surface area contributed by atoms with Crippen molar-refractivity contribution in [1.29, 1.82) is 0 Å². The molecule has 2 aliphatic rings. The summed E-state index contributed by atoms with van der Waals surface area (Å²) in [7, 11) is -5.37. The van der Waals surface area contributed by atoms with Gasteiger partial charge in [0.1, 0.15) is 47.3 Å². The second-order valence-electron chi connectivity index (χ2n) is 14.4. The third-order valence-corrected chi connectivity index (χ3v) is 13.6. The van der Waals surface area contributed by atoms with Crippen LogP contribution in [0.1, 0.15) is 40.5 Å². The van der Waals surface area contributed by atoms with Crippen molar-refractivity contribution < 1.29 is 45.6 Å². The lowest BCUT2D eigenvalue weighted by Gasteiger charge is -2.43. The molecule has 306 valence electrons. The van der Waals surface area contributed by atoms with E-state index in [1.54, 1.807) is 0 Å². The van der Waals surface area contributed by atoms with Gasteiger partial charge in [0.15, 0.2) is 6.29 Å². The fraction of sp³-hybridized carbons (Fsp3) is 0.348. The van der Waals surface area contributed by atoms with Crippen LogP contribution in [0.2, 0.25) is 0 Å². The molecule has 5 aromatic rings. The van der Waals surface area contributed by atoms with Crippen molar-refractivity contribution in [1.82, 2.24) is 0 Å². The Bertz CT molecular complexity index is 2030. The average Bonchev–Trinajstić information content (AvgIpc) is 3.25. The van der Waals surface area contributed by atoms with E-state index in [4.69, 9.17) is 32.6 Å². The maximum atomic E-state index is 12.2. The zero-order chi connectivity index (χ0) is 40.0. The fourth-order valence-corrected chi connectivity index (χ4v) is 10.9. The first-order valence-electron chi connectivity index (χ1n) is 19.6. The molecule has 12 heteroatoms. The smallest absolute Gasteiger partial charge is 0.377 e. The van der Waals surface area contributed by atoms with Gasteiger partial charge >= 0.3 is 10.4 Å². The molecule has 7 rings (SSSR count). The highest BCUT2D eigenvalue weighted by Gasteiger charge is 2.55. The van der Waals surface area contributed by atoms with Gasteiger partial charge in [-0.25, -0.2) is 4.18 Å². The average molecular weight is 828 g/mol. The van der Waals surface area contributed by atoms with Gasteiger partial charge < -0.3 is 28.4 Å². The Morgan fingerprint density at radius 3 is 1.62 bits per heavy atom. The second kappa shape index (κ2) is 21.4. The Morgan fingerprint density at radius 1 is 0.603 bits per heavy atom. The Balaban J connectivity index is 1.23. The van der Waals surface area contributed by atoms with Gasteiger partial charge in [0, 0.05) is 12.0 Å². The Kier molecular flexibility index (Phi) is 15.6. The van der Waals surface area contributed by atoms with Crippen molar-refractivity contribution in [2.45, 2.75) is 74.9 Å². The largest absolute Gasteiger partial charge is 0.397 e. The number of hydrogen-bond acceptors (Lipinski definition) is 9. The van der Waals surface area contributed by atoms with Crippen molar-refractivity contribution >= 4 is 21.3 Å². The SMILES string of the molecule is O=S(=O)(O)O[C@@H]1CO[C@@H](c2ccccc2)O[C@H]1C[S+]1C[C@@H](OCc2ccccc2)[C@H](OCc2ccccc2)[C@@H](OCc2ccccc2)[C@@H]1CCOCc1ccccc1. The maximum Gasteiger partial charge on any atom is 0.397 e. The number of rotatable bonds is 19. The predicted octanol–water partition coefficient (Wildman–Crippen LogP) is 7.65. The third-order valence-electron chi connectivity index (χ3n) is 10.2. The number of ether oxygens (including phenoxy) is 6. The van der Waals surface area contributed by atoms with E-state index in [2.05, 4.69) is 0 Å². The van der Waals surface area contributed by atoms with Gasteiger partial charge in [0.2, 0.25) is 0 Å². The Hall–Kier alpha value is -3.92. The van der Waals surface area contributed by atoms with Gasteiger partial charge in [-0.3, -0.25) is 4.55 Å². The molecule has 0 aromatic heterocycles. The molecule has 0 radical (unpaired) electrons. The van der Waals surface area contributed by atoms with E-state index in [9.17, 15) is 13.0 Å². The molecule has 0 spiro atoms. The van der Waals surface area contributed by atoms with Crippen LogP contribution in [0.5, 0.6) is 0 Å². The Morgan fingerprint density at radius 2 is 1.09 bits per heavy atom. The molecule has 2 aliphatic heterocycles. The van der Waals surface area contributed by atoms with Gasteiger partial charge in [-0.05, 0) is 33.1 Å². The first kappa shape index (κ1) is 42.2. The molecular weight excluding hydrogens is 777 g/mol. The molecule has 10 nitrogen and oxygen atoms in total. The van der Waals surface area contributed by atoms with E-state index < -0.39 is 58.1 Å². The minimum absolute atomic E-state index is 0.100. The zero-order valence-corrected chi connectivity index (χ0v) is 33.9. The summed E-state index contributed by atoms with van der Waals surface area (Å²) in [5.41, 5.74) is 4.95. The third kappa shape index (κ3) is 12.5. The lowest BCUT2D eigenvalue weighted by molar-refractivity contribution is -0.245. The highest BCUT2D eigenvalue weighted by atomic mass is 32.3.